The number of hydrogen-bond donors (Lipinski definition) is 0. The van der Waals surface area contributed by atoms with Crippen LogP contribution in [0.1, 0.15) is 76.3 Å². The largest absolute Gasteiger partial charge is 0.310 e. The fourth-order valence-electron chi connectivity index (χ4n) is 11.0. The second kappa shape index (κ2) is 13.0. The normalized spacial score (nSPS) is 14.6. The van der Waals surface area contributed by atoms with Crippen LogP contribution >= 0.6 is 11.3 Å². The molecule has 0 aliphatic heterocycles. The molecular formula is C60H49NS. The van der Waals surface area contributed by atoms with Gasteiger partial charge in [-0.2, -0.15) is 0 Å². The van der Waals surface area contributed by atoms with Gasteiger partial charge in [0.1, 0.15) is 0 Å². The Balaban J connectivity index is 1.12. The van der Waals surface area contributed by atoms with E-state index >= 15 is 0 Å². The van der Waals surface area contributed by atoms with Gasteiger partial charge in [-0.25, -0.2) is 0 Å². The molecule has 0 unspecified atom stereocenters. The van der Waals surface area contributed by atoms with Crippen molar-refractivity contribution in [1.29, 1.82) is 0 Å². The number of rotatable bonds is 4. The molecule has 9 aromatic carbocycles. The van der Waals surface area contributed by atoms with Gasteiger partial charge in [0.05, 0.1) is 5.69 Å². The molecule has 0 saturated heterocycles. The Kier molecular flexibility index (Phi) is 7.83. The van der Waals surface area contributed by atoms with Gasteiger partial charge < -0.3 is 4.90 Å². The van der Waals surface area contributed by atoms with E-state index in [4.69, 9.17) is 0 Å². The van der Waals surface area contributed by atoms with E-state index < -0.39 is 0 Å². The van der Waals surface area contributed by atoms with Gasteiger partial charge in [0.25, 0.3) is 0 Å². The molecule has 0 amide bonds. The molecule has 0 radical (unpaired) electrons. The number of hydrogen-bond acceptors (Lipinski definition) is 2. The Morgan fingerprint density at radius 3 is 1.81 bits per heavy atom. The lowest BCUT2D eigenvalue weighted by Crippen LogP contribution is -2.16. The summed E-state index contributed by atoms with van der Waals surface area (Å²) in [7, 11) is 0. The number of thiophene rings is 1. The van der Waals surface area contributed by atoms with Crippen LogP contribution in [0.5, 0.6) is 0 Å². The Morgan fingerprint density at radius 2 is 1.02 bits per heavy atom. The third-order valence-electron chi connectivity index (χ3n) is 14.4. The van der Waals surface area contributed by atoms with Crippen molar-refractivity contribution in [3.63, 3.8) is 0 Å². The van der Waals surface area contributed by atoms with E-state index in [-0.39, 0.29) is 16.2 Å². The van der Waals surface area contributed by atoms with E-state index in [0.717, 1.165) is 11.4 Å². The number of nitrogens with zero attached hydrogens (tertiary/aromatic N) is 1. The van der Waals surface area contributed by atoms with Crippen LogP contribution in [0.15, 0.2) is 170 Å². The lowest BCUT2D eigenvalue weighted by atomic mass is 9.81. The molecule has 62 heavy (non-hydrogen) atoms. The molecule has 0 spiro atoms. The van der Waals surface area contributed by atoms with Crippen LogP contribution in [-0.2, 0) is 16.2 Å². The molecule has 12 rings (SSSR count). The summed E-state index contributed by atoms with van der Waals surface area (Å²) in [6, 6.07) is 65.0. The minimum absolute atomic E-state index is 0.0847. The summed E-state index contributed by atoms with van der Waals surface area (Å²) < 4.78 is 2.64. The molecule has 10 aromatic rings. The first-order valence-electron chi connectivity index (χ1n) is 22.1. The Morgan fingerprint density at radius 1 is 0.419 bits per heavy atom. The maximum atomic E-state index is 2.55. The molecule has 2 heteroatoms. The predicted molar refractivity (Wildman–Crippen MR) is 268 cm³/mol. The van der Waals surface area contributed by atoms with Gasteiger partial charge in [0.2, 0.25) is 0 Å². The first kappa shape index (κ1) is 37.3. The van der Waals surface area contributed by atoms with Crippen LogP contribution in [0.25, 0.3) is 75.1 Å². The van der Waals surface area contributed by atoms with Crippen molar-refractivity contribution in [2.45, 2.75) is 64.7 Å². The zero-order valence-electron chi connectivity index (χ0n) is 36.5. The first-order valence-corrected chi connectivity index (χ1v) is 22.9. The Bertz CT molecular complexity index is 3520. The van der Waals surface area contributed by atoms with Crippen LogP contribution in [0, 0.1) is 0 Å². The zero-order valence-corrected chi connectivity index (χ0v) is 37.3. The number of benzene rings is 9. The van der Waals surface area contributed by atoms with Gasteiger partial charge in [-0.05, 0) is 137 Å². The van der Waals surface area contributed by atoms with E-state index in [1.807, 2.05) is 11.3 Å². The molecule has 0 saturated carbocycles. The molecule has 0 N–H and O–H groups in total. The second-order valence-electron chi connectivity index (χ2n) is 19.8. The maximum Gasteiger partial charge on any atom is 0.0546 e. The van der Waals surface area contributed by atoms with Crippen molar-refractivity contribution in [1.82, 2.24) is 0 Å². The minimum atomic E-state index is -0.122. The average molecular weight is 816 g/mol. The summed E-state index contributed by atoms with van der Waals surface area (Å²) in [5, 5.41) is 7.69. The van der Waals surface area contributed by atoms with E-state index in [1.54, 1.807) is 0 Å². The van der Waals surface area contributed by atoms with E-state index in [0.29, 0.717) is 0 Å². The monoisotopic (exact) mass is 815 g/mol. The smallest absolute Gasteiger partial charge is 0.0546 e. The summed E-state index contributed by atoms with van der Waals surface area (Å²) in [5.41, 5.74) is 18.1. The van der Waals surface area contributed by atoms with Crippen molar-refractivity contribution in [2.24, 2.45) is 0 Å². The van der Waals surface area contributed by atoms with E-state index in [9.17, 15) is 0 Å². The SMILES string of the molecule is CC(C)(C)c1ccc2c(c1)sc1cc(N(c3ccc4c(c3)-c3cc5ccccc5cc3C4(C)C)c3ccc4ccccc4c3-c3ccc4c(c3)C(C)(C)c3ccccc3-4)ccc12. The van der Waals surface area contributed by atoms with Crippen LogP contribution in [0.2, 0.25) is 0 Å². The van der Waals surface area contributed by atoms with Crippen molar-refractivity contribution in [2.75, 3.05) is 4.90 Å². The second-order valence-corrected chi connectivity index (χ2v) is 20.9. The van der Waals surface area contributed by atoms with Crippen molar-refractivity contribution < 1.29 is 0 Å². The summed E-state index contributed by atoms with van der Waals surface area (Å²) in [6.07, 6.45) is 0. The minimum Gasteiger partial charge on any atom is -0.310 e. The van der Waals surface area contributed by atoms with Gasteiger partial charge in [-0.1, -0.05) is 164 Å². The fourth-order valence-corrected chi connectivity index (χ4v) is 12.2. The molecule has 1 nitrogen and oxygen atoms in total. The summed E-state index contributed by atoms with van der Waals surface area (Å²) in [4.78, 5) is 2.55. The third-order valence-corrected chi connectivity index (χ3v) is 15.5. The van der Waals surface area contributed by atoms with Crippen molar-refractivity contribution in [3.05, 3.63) is 198 Å². The molecule has 1 aromatic heterocycles. The topological polar surface area (TPSA) is 3.24 Å². The first-order chi connectivity index (χ1) is 29.9. The van der Waals surface area contributed by atoms with Gasteiger partial charge in [-0.3, -0.25) is 0 Å². The van der Waals surface area contributed by atoms with Gasteiger partial charge in [0.15, 0.2) is 0 Å². The summed E-state index contributed by atoms with van der Waals surface area (Å²) in [5.74, 6) is 0. The van der Waals surface area contributed by atoms with Crippen molar-refractivity contribution in [3.8, 4) is 33.4 Å². The average Bonchev–Trinajstić information content (AvgIpc) is 3.83. The van der Waals surface area contributed by atoms with Crippen LogP contribution in [0.3, 0.4) is 0 Å². The van der Waals surface area contributed by atoms with Crippen molar-refractivity contribution >= 4 is 70.1 Å². The molecule has 300 valence electrons. The lowest BCUT2D eigenvalue weighted by Gasteiger charge is -2.30. The van der Waals surface area contributed by atoms with Gasteiger partial charge in [0, 0.05) is 47.9 Å². The molecule has 2 aliphatic rings. The third kappa shape index (κ3) is 5.39. The zero-order chi connectivity index (χ0) is 42.3. The van der Waals surface area contributed by atoms with E-state index in [2.05, 4.69) is 223 Å². The highest BCUT2D eigenvalue weighted by atomic mass is 32.1. The predicted octanol–water partition coefficient (Wildman–Crippen LogP) is 17.4. The molecule has 0 fully saturated rings. The molecular weight excluding hydrogens is 767 g/mol. The highest BCUT2D eigenvalue weighted by Crippen LogP contribution is 2.55. The van der Waals surface area contributed by atoms with Crippen LogP contribution in [0.4, 0.5) is 17.1 Å². The number of anilines is 3. The van der Waals surface area contributed by atoms with Gasteiger partial charge >= 0.3 is 0 Å². The maximum absolute atomic E-state index is 2.55. The highest BCUT2D eigenvalue weighted by Gasteiger charge is 2.38. The van der Waals surface area contributed by atoms with Crippen LogP contribution in [-0.4, -0.2) is 0 Å². The molecule has 2 aliphatic carbocycles. The van der Waals surface area contributed by atoms with E-state index in [1.165, 1.54) is 109 Å². The quantitative estimate of drug-likeness (QED) is 0.171. The summed E-state index contributed by atoms with van der Waals surface area (Å²) in [6.45, 7) is 16.5. The Hall–Kier alpha value is -6.48. The molecule has 0 atom stereocenters. The van der Waals surface area contributed by atoms with Crippen LogP contribution < -0.4 is 4.90 Å². The Labute approximate surface area is 368 Å². The van der Waals surface area contributed by atoms with Gasteiger partial charge in [-0.15, -0.1) is 11.3 Å². The lowest BCUT2D eigenvalue weighted by molar-refractivity contribution is 0.591. The fraction of sp³-hybridized carbons (Fsp3) is 0.167. The highest BCUT2D eigenvalue weighted by molar-refractivity contribution is 7.25. The molecule has 1 heterocycles. The summed E-state index contributed by atoms with van der Waals surface area (Å²) >= 11 is 1.91. The standard InChI is InChI=1S/C60H49NS/c1-58(2,3)40-22-26-46-47-27-23-42(35-56(47)62-55(46)33-40)61(41-24-28-51-49(34-41)48-30-37-15-8-9-16-38(37)31-53(48)60(51,6)7)54-29-21-36-14-10-11-17-43(36)57(54)39-20-25-45-44-18-12-13-19-50(44)59(4,5)52(45)32-39/h8-35H,1-7H3. The molecule has 0 bridgehead atoms. The number of fused-ring (bicyclic) bond motifs is 11.